The fourth-order valence-electron chi connectivity index (χ4n) is 2.52. The first kappa shape index (κ1) is 13.7. The Balaban J connectivity index is 2.12. The van der Waals surface area contributed by atoms with Crippen LogP contribution in [0.5, 0.6) is 0 Å². The number of aromatic nitrogens is 1. The average molecular weight is 256 g/mol. The van der Waals surface area contributed by atoms with Crippen molar-refractivity contribution in [3.8, 4) is 0 Å². The van der Waals surface area contributed by atoms with Crippen LogP contribution < -0.4 is 5.32 Å². The summed E-state index contributed by atoms with van der Waals surface area (Å²) in [5.41, 5.74) is 5.38. The minimum absolute atomic E-state index is 0.894. The third kappa shape index (κ3) is 3.19. The van der Waals surface area contributed by atoms with E-state index < -0.39 is 0 Å². The van der Waals surface area contributed by atoms with E-state index in [1.54, 1.807) is 0 Å². The Labute approximate surface area is 116 Å². The second-order valence-corrected chi connectivity index (χ2v) is 5.01. The highest BCUT2D eigenvalue weighted by atomic mass is 15.0. The SMILES string of the molecule is CCCn1cccc1CNc1c(C)cccc1CC. The van der Waals surface area contributed by atoms with Crippen LogP contribution in [0.2, 0.25) is 0 Å². The minimum atomic E-state index is 0.894. The Kier molecular flexibility index (Phi) is 4.67. The topological polar surface area (TPSA) is 17.0 Å². The number of nitrogens with one attached hydrogen (secondary N) is 1. The second kappa shape index (κ2) is 6.46. The van der Waals surface area contributed by atoms with Crippen molar-refractivity contribution in [1.82, 2.24) is 4.57 Å². The number of anilines is 1. The molecule has 1 aromatic carbocycles. The van der Waals surface area contributed by atoms with Crippen LogP contribution in [-0.2, 0) is 19.5 Å². The summed E-state index contributed by atoms with van der Waals surface area (Å²) in [5.74, 6) is 0. The zero-order valence-corrected chi connectivity index (χ0v) is 12.2. The van der Waals surface area contributed by atoms with Gasteiger partial charge in [0.1, 0.15) is 0 Å². The number of hydrogen-bond acceptors (Lipinski definition) is 1. The zero-order valence-electron chi connectivity index (χ0n) is 12.2. The molecule has 0 saturated heterocycles. The van der Waals surface area contributed by atoms with Crippen molar-refractivity contribution in [3.05, 3.63) is 53.3 Å². The monoisotopic (exact) mass is 256 g/mol. The highest BCUT2D eigenvalue weighted by molar-refractivity contribution is 5.57. The summed E-state index contributed by atoms with van der Waals surface area (Å²) in [6.45, 7) is 8.59. The molecule has 2 rings (SSSR count). The first-order chi connectivity index (χ1) is 9.26. The normalized spacial score (nSPS) is 10.7. The molecule has 2 heteroatoms. The first-order valence-electron chi connectivity index (χ1n) is 7.22. The standard InChI is InChI=1S/C17H24N2/c1-4-11-19-12-7-10-16(19)13-18-17-14(3)8-6-9-15(17)5-2/h6-10,12,18H,4-5,11,13H2,1-3H3. The molecular weight excluding hydrogens is 232 g/mol. The maximum Gasteiger partial charge on any atom is 0.0553 e. The van der Waals surface area contributed by atoms with Crippen LogP contribution in [-0.4, -0.2) is 4.57 Å². The Bertz CT molecular complexity index is 526. The molecule has 0 saturated carbocycles. The molecule has 19 heavy (non-hydrogen) atoms. The fourth-order valence-corrected chi connectivity index (χ4v) is 2.52. The van der Waals surface area contributed by atoms with Crippen molar-refractivity contribution in [3.63, 3.8) is 0 Å². The van der Waals surface area contributed by atoms with Crippen molar-refractivity contribution < 1.29 is 0 Å². The molecule has 1 heterocycles. The fraction of sp³-hybridized carbons (Fsp3) is 0.412. The van der Waals surface area contributed by atoms with Crippen LogP contribution in [0.15, 0.2) is 36.5 Å². The molecule has 2 nitrogen and oxygen atoms in total. The summed E-state index contributed by atoms with van der Waals surface area (Å²) in [7, 11) is 0. The maximum absolute atomic E-state index is 3.61. The van der Waals surface area contributed by atoms with Gasteiger partial charge in [0.2, 0.25) is 0 Å². The van der Waals surface area contributed by atoms with Crippen LogP contribution in [0.25, 0.3) is 0 Å². The van der Waals surface area contributed by atoms with Crippen molar-refractivity contribution in [1.29, 1.82) is 0 Å². The summed E-state index contributed by atoms with van der Waals surface area (Å²) in [6.07, 6.45) is 4.41. The molecule has 0 fully saturated rings. The number of rotatable bonds is 6. The van der Waals surface area contributed by atoms with Gasteiger partial charge in [-0.15, -0.1) is 0 Å². The highest BCUT2D eigenvalue weighted by Crippen LogP contribution is 2.21. The molecule has 0 amide bonds. The molecule has 0 aliphatic rings. The van der Waals surface area contributed by atoms with Gasteiger partial charge in [-0.3, -0.25) is 0 Å². The van der Waals surface area contributed by atoms with Crippen LogP contribution in [0, 0.1) is 6.92 Å². The summed E-state index contributed by atoms with van der Waals surface area (Å²) in [6, 6.07) is 10.9. The molecule has 102 valence electrons. The van der Waals surface area contributed by atoms with Crippen molar-refractivity contribution in [2.75, 3.05) is 5.32 Å². The molecule has 1 N–H and O–H groups in total. The van der Waals surface area contributed by atoms with E-state index in [-0.39, 0.29) is 0 Å². The summed E-state index contributed by atoms with van der Waals surface area (Å²) >= 11 is 0. The molecule has 0 unspecified atom stereocenters. The van der Waals surface area contributed by atoms with Crippen LogP contribution >= 0.6 is 0 Å². The number of benzene rings is 1. The van der Waals surface area contributed by atoms with Gasteiger partial charge in [0, 0.05) is 24.1 Å². The number of nitrogens with zero attached hydrogens (tertiary/aromatic N) is 1. The van der Waals surface area contributed by atoms with E-state index in [0.29, 0.717) is 0 Å². The smallest absolute Gasteiger partial charge is 0.0553 e. The predicted octanol–water partition coefficient (Wildman–Crippen LogP) is 4.38. The van der Waals surface area contributed by atoms with E-state index in [1.807, 2.05) is 0 Å². The van der Waals surface area contributed by atoms with E-state index in [4.69, 9.17) is 0 Å². The Morgan fingerprint density at radius 3 is 2.68 bits per heavy atom. The van der Waals surface area contributed by atoms with Gasteiger partial charge in [0.15, 0.2) is 0 Å². The van der Waals surface area contributed by atoms with Crippen LogP contribution in [0.1, 0.15) is 37.1 Å². The molecule has 0 spiro atoms. The van der Waals surface area contributed by atoms with E-state index in [2.05, 4.69) is 67.2 Å². The van der Waals surface area contributed by atoms with Gasteiger partial charge in [-0.25, -0.2) is 0 Å². The molecule has 2 aromatic rings. The third-order valence-electron chi connectivity index (χ3n) is 3.57. The van der Waals surface area contributed by atoms with Crippen LogP contribution in [0.3, 0.4) is 0 Å². The lowest BCUT2D eigenvalue weighted by atomic mass is 10.1. The number of hydrogen-bond donors (Lipinski definition) is 1. The lowest BCUT2D eigenvalue weighted by Gasteiger charge is -2.15. The van der Waals surface area contributed by atoms with Crippen molar-refractivity contribution in [2.45, 2.75) is 46.7 Å². The molecule has 0 bridgehead atoms. The summed E-state index contributed by atoms with van der Waals surface area (Å²) in [5, 5.41) is 3.61. The maximum atomic E-state index is 3.61. The Morgan fingerprint density at radius 1 is 1.11 bits per heavy atom. The lowest BCUT2D eigenvalue weighted by Crippen LogP contribution is -2.09. The van der Waals surface area contributed by atoms with Crippen molar-refractivity contribution >= 4 is 5.69 Å². The lowest BCUT2D eigenvalue weighted by molar-refractivity contribution is 0.654. The second-order valence-electron chi connectivity index (χ2n) is 5.01. The van der Waals surface area contributed by atoms with Gasteiger partial charge in [-0.05, 0) is 43.0 Å². The quantitative estimate of drug-likeness (QED) is 0.811. The third-order valence-corrected chi connectivity index (χ3v) is 3.57. The molecule has 1 aromatic heterocycles. The summed E-state index contributed by atoms with van der Waals surface area (Å²) < 4.78 is 2.33. The van der Waals surface area contributed by atoms with Gasteiger partial charge in [0.05, 0.1) is 6.54 Å². The summed E-state index contributed by atoms with van der Waals surface area (Å²) in [4.78, 5) is 0. The molecular formula is C17H24N2. The average Bonchev–Trinajstić information content (AvgIpc) is 2.85. The Hall–Kier alpha value is -1.70. The number of aryl methyl sites for hydroxylation is 3. The number of para-hydroxylation sites is 1. The first-order valence-corrected chi connectivity index (χ1v) is 7.22. The van der Waals surface area contributed by atoms with E-state index >= 15 is 0 Å². The van der Waals surface area contributed by atoms with Gasteiger partial charge < -0.3 is 9.88 Å². The molecule has 0 aliphatic heterocycles. The van der Waals surface area contributed by atoms with E-state index in [1.165, 1.54) is 28.9 Å². The highest BCUT2D eigenvalue weighted by Gasteiger charge is 2.05. The van der Waals surface area contributed by atoms with Crippen LogP contribution in [0.4, 0.5) is 5.69 Å². The van der Waals surface area contributed by atoms with E-state index in [0.717, 1.165) is 19.5 Å². The Morgan fingerprint density at radius 2 is 1.95 bits per heavy atom. The largest absolute Gasteiger partial charge is 0.379 e. The molecule has 0 radical (unpaired) electrons. The van der Waals surface area contributed by atoms with Gasteiger partial charge >= 0.3 is 0 Å². The predicted molar refractivity (Wildman–Crippen MR) is 82.6 cm³/mol. The minimum Gasteiger partial charge on any atom is -0.379 e. The zero-order chi connectivity index (χ0) is 13.7. The van der Waals surface area contributed by atoms with Gasteiger partial charge in [0.25, 0.3) is 0 Å². The molecule has 0 aliphatic carbocycles. The van der Waals surface area contributed by atoms with Gasteiger partial charge in [-0.1, -0.05) is 32.0 Å². The van der Waals surface area contributed by atoms with Crippen molar-refractivity contribution in [2.24, 2.45) is 0 Å². The molecule has 0 atom stereocenters. The van der Waals surface area contributed by atoms with Gasteiger partial charge in [-0.2, -0.15) is 0 Å². The van der Waals surface area contributed by atoms with E-state index in [9.17, 15) is 0 Å².